The number of likely N-dealkylation sites (tertiary alicyclic amines) is 2. The average molecular weight is 344 g/mol. The van der Waals surface area contributed by atoms with Crippen molar-refractivity contribution in [3.63, 3.8) is 0 Å². The smallest absolute Gasteiger partial charge is 0.321 e. The second-order valence-electron chi connectivity index (χ2n) is 7.61. The quantitative estimate of drug-likeness (QED) is 0.882. The van der Waals surface area contributed by atoms with E-state index in [9.17, 15) is 9.59 Å². The summed E-state index contributed by atoms with van der Waals surface area (Å²) >= 11 is 0. The number of urea groups is 1. The lowest BCUT2D eigenvalue weighted by molar-refractivity contribution is -0.136. The van der Waals surface area contributed by atoms with Crippen molar-refractivity contribution >= 4 is 17.6 Å². The second-order valence-corrected chi connectivity index (χ2v) is 7.61. The molecule has 2 aliphatic rings. The molecule has 2 unspecified atom stereocenters. The topological polar surface area (TPSA) is 78.7 Å². The Bertz CT molecular complexity index is 621. The molecule has 3 N–H and O–H groups in total. The van der Waals surface area contributed by atoms with Gasteiger partial charge in [-0.25, -0.2) is 4.79 Å². The lowest BCUT2D eigenvalue weighted by atomic mass is 9.90. The van der Waals surface area contributed by atoms with Crippen LogP contribution in [-0.2, 0) is 4.79 Å². The van der Waals surface area contributed by atoms with E-state index in [-0.39, 0.29) is 23.3 Å². The molecule has 2 fully saturated rings. The van der Waals surface area contributed by atoms with Gasteiger partial charge in [-0.2, -0.15) is 0 Å². The molecule has 2 heterocycles. The molecule has 136 valence electrons. The molecule has 0 bridgehead atoms. The number of nitrogens with one attached hydrogen (secondary N) is 1. The van der Waals surface area contributed by atoms with E-state index in [4.69, 9.17) is 5.73 Å². The molecule has 0 aliphatic carbocycles. The van der Waals surface area contributed by atoms with Gasteiger partial charge in [0, 0.05) is 31.9 Å². The SMILES string of the molecule is CC1(CN)CCN(C(=O)C2CCCN(C(=O)Nc3ccccc3)C2)C1. The normalized spacial score (nSPS) is 26.6. The third kappa shape index (κ3) is 4.12. The number of rotatable bonds is 3. The molecule has 0 spiro atoms. The molecule has 2 atom stereocenters. The zero-order valence-electron chi connectivity index (χ0n) is 14.9. The number of amides is 3. The standard InChI is InChI=1S/C19H28N4O2/c1-19(13-20)9-11-23(14-19)17(24)15-6-5-10-22(12-15)18(25)21-16-7-3-2-4-8-16/h2-4,7-8,15H,5-6,9-14,20H2,1H3,(H,21,25). The maximum Gasteiger partial charge on any atom is 0.321 e. The van der Waals surface area contributed by atoms with Crippen molar-refractivity contribution in [2.45, 2.75) is 26.2 Å². The maximum absolute atomic E-state index is 12.9. The van der Waals surface area contributed by atoms with Crippen LogP contribution in [0, 0.1) is 11.3 Å². The third-order valence-corrected chi connectivity index (χ3v) is 5.45. The van der Waals surface area contributed by atoms with Crippen molar-refractivity contribution in [3.8, 4) is 0 Å². The number of nitrogens with zero attached hydrogens (tertiary/aromatic N) is 2. The van der Waals surface area contributed by atoms with Gasteiger partial charge in [-0.15, -0.1) is 0 Å². The van der Waals surface area contributed by atoms with Gasteiger partial charge in [0.1, 0.15) is 0 Å². The molecule has 0 radical (unpaired) electrons. The summed E-state index contributed by atoms with van der Waals surface area (Å²) in [6.45, 7) is 5.44. The van der Waals surface area contributed by atoms with Crippen LogP contribution in [0.3, 0.4) is 0 Å². The minimum Gasteiger partial charge on any atom is -0.342 e. The highest BCUT2D eigenvalue weighted by Crippen LogP contribution is 2.31. The number of anilines is 1. The van der Waals surface area contributed by atoms with E-state index in [0.717, 1.165) is 38.0 Å². The van der Waals surface area contributed by atoms with Crippen molar-refractivity contribution in [1.29, 1.82) is 0 Å². The Morgan fingerprint density at radius 2 is 2.00 bits per heavy atom. The minimum atomic E-state index is -0.128. The third-order valence-electron chi connectivity index (χ3n) is 5.45. The summed E-state index contributed by atoms with van der Waals surface area (Å²) < 4.78 is 0. The zero-order valence-corrected chi connectivity index (χ0v) is 14.9. The van der Waals surface area contributed by atoms with Gasteiger partial charge in [0.15, 0.2) is 0 Å². The van der Waals surface area contributed by atoms with E-state index < -0.39 is 0 Å². The summed E-state index contributed by atoms with van der Waals surface area (Å²) in [6.07, 6.45) is 2.67. The van der Waals surface area contributed by atoms with Crippen LogP contribution in [0.15, 0.2) is 30.3 Å². The van der Waals surface area contributed by atoms with Gasteiger partial charge in [-0.1, -0.05) is 25.1 Å². The van der Waals surface area contributed by atoms with Crippen molar-refractivity contribution in [2.75, 3.05) is 38.0 Å². The highest BCUT2D eigenvalue weighted by Gasteiger charge is 2.38. The van der Waals surface area contributed by atoms with Crippen molar-refractivity contribution in [2.24, 2.45) is 17.1 Å². The number of para-hydroxylation sites is 1. The summed E-state index contributed by atoms with van der Waals surface area (Å²) in [6, 6.07) is 9.29. The number of hydrogen-bond acceptors (Lipinski definition) is 3. The van der Waals surface area contributed by atoms with Gasteiger partial charge < -0.3 is 20.9 Å². The first-order valence-corrected chi connectivity index (χ1v) is 9.11. The van der Waals surface area contributed by atoms with E-state index in [1.165, 1.54) is 0 Å². The molecule has 2 saturated heterocycles. The first-order valence-electron chi connectivity index (χ1n) is 9.11. The van der Waals surface area contributed by atoms with Crippen molar-refractivity contribution < 1.29 is 9.59 Å². The highest BCUT2D eigenvalue weighted by molar-refractivity contribution is 5.90. The average Bonchev–Trinajstić information content (AvgIpc) is 3.05. The number of hydrogen-bond donors (Lipinski definition) is 2. The summed E-state index contributed by atoms with van der Waals surface area (Å²) in [7, 11) is 0. The number of nitrogens with two attached hydrogens (primary N) is 1. The first-order chi connectivity index (χ1) is 12.0. The van der Waals surface area contributed by atoms with Crippen LogP contribution < -0.4 is 11.1 Å². The minimum absolute atomic E-state index is 0.0364. The number of carbonyl (C=O) groups excluding carboxylic acids is 2. The van der Waals surface area contributed by atoms with Crippen LogP contribution in [0.2, 0.25) is 0 Å². The molecule has 3 amide bonds. The van der Waals surface area contributed by atoms with Crippen LogP contribution in [0.5, 0.6) is 0 Å². The molecular formula is C19H28N4O2. The van der Waals surface area contributed by atoms with Gasteiger partial charge in [0.2, 0.25) is 5.91 Å². The Balaban J connectivity index is 1.57. The summed E-state index contributed by atoms with van der Waals surface area (Å²) in [4.78, 5) is 29.0. The van der Waals surface area contributed by atoms with Crippen molar-refractivity contribution in [1.82, 2.24) is 9.80 Å². The van der Waals surface area contributed by atoms with E-state index in [1.807, 2.05) is 35.2 Å². The second kappa shape index (κ2) is 7.44. The maximum atomic E-state index is 12.9. The Morgan fingerprint density at radius 3 is 2.68 bits per heavy atom. The van der Waals surface area contributed by atoms with Gasteiger partial charge in [0.05, 0.1) is 5.92 Å². The van der Waals surface area contributed by atoms with E-state index in [1.54, 1.807) is 4.90 Å². The summed E-state index contributed by atoms with van der Waals surface area (Å²) in [5.41, 5.74) is 6.66. The van der Waals surface area contributed by atoms with Crippen LogP contribution in [-0.4, -0.2) is 54.5 Å². The fourth-order valence-corrected chi connectivity index (χ4v) is 3.72. The summed E-state index contributed by atoms with van der Waals surface area (Å²) in [5.74, 6) is 0.0739. The van der Waals surface area contributed by atoms with Gasteiger partial charge >= 0.3 is 6.03 Å². The number of piperidine rings is 1. The Kier molecular flexibility index (Phi) is 5.27. The van der Waals surface area contributed by atoms with Crippen LogP contribution in [0.4, 0.5) is 10.5 Å². The van der Waals surface area contributed by atoms with E-state index >= 15 is 0 Å². The van der Waals surface area contributed by atoms with Gasteiger partial charge in [0.25, 0.3) is 0 Å². The predicted octanol–water partition coefficient (Wildman–Crippen LogP) is 2.13. The molecule has 3 rings (SSSR count). The summed E-state index contributed by atoms with van der Waals surface area (Å²) in [5, 5.41) is 2.91. The largest absolute Gasteiger partial charge is 0.342 e. The molecule has 1 aromatic rings. The Hall–Kier alpha value is -2.08. The molecule has 1 aromatic carbocycles. The van der Waals surface area contributed by atoms with Gasteiger partial charge in [-0.3, -0.25) is 4.79 Å². The fraction of sp³-hybridized carbons (Fsp3) is 0.579. The van der Waals surface area contributed by atoms with E-state index in [0.29, 0.717) is 19.6 Å². The van der Waals surface area contributed by atoms with Crippen LogP contribution in [0.1, 0.15) is 26.2 Å². The van der Waals surface area contributed by atoms with Crippen LogP contribution >= 0.6 is 0 Å². The lowest BCUT2D eigenvalue weighted by Gasteiger charge is -2.34. The molecule has 2 aliphatic heterocycles. The monoisotopic (exact) mass is 344 g/mol. The highest BCUT2D eigenvalue weighted by atomic mass is 16.2. The zero-order chi connectivity index (χ0) is 17.9. The number of carbonyl (C=O) groups is 2. The molecular weight excluding hydrogens is 316 g/mol. The Labute approximate surface area is 149 Å². The Morgan fingerprint density at radius 1 is 1.24 bits per heavy atom. The molecule has 6 nitrogen and oxygen atoms in total. The predicted molar refractivity (Wildman–Crippen MR) is 98.1 cm³/mol. The molecule has 25 heavy (non-hydrogen) atoms. The number of benzene rings is 1. The molecule has 0 aromatic heterocycles. The fourth-order valence-electron chi connectivity index (χ4n) is 3.72. The van der Waals surface area contributed by atoms with E-state index in [2.05, 4.69) is 12.2 Å². The van der Waals surface area contributed by atoms with Crippen molar-refractivity contribution in [3.05, 3.63) is 30.3 Å². The first kappa shape index (κ1) is 17.7. The lowest BCUT2D eigenvalue weighted by Crippen LogP contribution is -2.48. The van der Waals surface area contributed by atoms with Crippen LogP contribution in [0.25, 0.3) is 0 Å². The van der Waals surface area contributed by atoms with Gasteiger partial charge in [-0.05, 0) is 43.4 Å². The molecule has 6 heteroatoms. The molecule has 0 saturated carbocycles.